The zero-order valence-electron chi connectivity index (χ0n) is 20.6. The first-order valence-corrected chi connectivity index (χ1v) is 12.1. The predicted octanol–water partition coefficient (Wildman–Crippen LogP) is 4.35. The van der Waals surface area contributed by atoms with Gasteiger partial charge in [0.25, 0.3) is 11.8 Å². The predicted molar refractivity (Wildman–Crippen MR) is 138 cm³/mol. The van der Waals surface area contributed by atoms with Crippen LogP contribution in [-0.2, 0) is 6.54 Å². The molecule has 4 aromatic heterocycles. The van der Waals surface area contributed by atoms with Gasteiger partial charge in [0.1, 0.15) is 6.26 Å². The molecule has 0 bridgehead atoms. The molecule has 0 saturated carbocycles. The van der Waals surface area contributed by atoms with Crippen LogP contribution in [0.2, 0.25) is 0 Å². The lowest BCUT2D eigenvalue weighted by Crippen LogP contribution is -2.27. The van der Waals surface area contributed by atoms with Gasteiger partial charge in [0, 0.05) is 19.7 Å². The summed E-state index contributed by atoms with van der Waals surface area (Å²) in [6.07, 6.45) is 4.09. The molecule has 0 radical (unpaired) electrons. The summed E-state index contributed by atoms with van der Waals surface area (Å²) in [5.41, 5.74) is 0.912. The number of fused-ring (bicyclic) bond motifs is 1. The summed E-state index contributed by atoms with van der Waals surface area (Å²) in [4.78, 5) is 41.1. The van der Waals surface area contributed by atoms with Gasteiger partial charge in [-0.2, -0.15) is 0 Å². The van der Waals surface area contributed by atoms with E-state index in [-0.39, 0.29) is 30.0 Å². The van der Waals surface area contributed by atoms with Gasteiger partial charge in [0.05, 0.1) is 39.1 Å². The van der Waals surface area contributed by atoms with Crippen molar-refractivity contribution in [2.45, 2.75) is 32.9 Å². The zero-order valence-corrected chi connectivity index (χ0v) is 21.4. The van der Waals surface area contributed by atoms with Crippen LogP contribution < -0.4 is 10.2 Å². The van der Waals surface area contributed by atoms with E-state index in [9.17, 15) is 14.7 Å². The van der Waals surface area contributed by atoms with Gasteiger partial charge in [-0.25, -0.2) is 15.0 Å². The summed E-state index contributed by atoms with van der Waals surface area (Å²) in [5.74, 6) is 0.719. The third-order valence-corrected chi connectivity index (χ3v) is 6.64. The monoisotopic (exact) mass is 520 g/mol. The molecule has 0 spiro atoms. The molecule has 0 atom stereocenters. The van der Waals surface area contributed by atoms with Crippen molar-refractivity contribution in [2.75, 3.05) is 17.3 Å². The number of thiophene rings is 1. The Kier molecular flexibility index (Phi) is 6.13. The number of aromatic nitrogens is 4. The van der Waals surface area contributed by atoms with Crippen LogP contribution in [-0.4, -0.2) is 49.1 Å². The summed E-state index contributed by atoms with van der Waals surface area (Å²) in [6, 6.07) is 8.80. The number of oxazole rings is 2. The Morgan fingerprint density at radius 1 is 1.22 bits per heavy atom. The van der Waals surface area contributed by atoms with Crippen LogP contribution in [0.3, 0.4) is 0 Å². The van der Waals surface area contributed by atoms with Crippen LogP contribution >= 0.6 is 11.3 Å². The minimum Gasteiger partial charge on any atom is -0.451 e. The number of benzene rings is 1. The summed E-state index contributed by atoms with van der Waals surface area (Å²) >= 11 is 1.27. The molecule has 0 saturated heterocycles. The molecule has 0 aliphatic heterocycles. The molecule has 12 heteroatoms. The van der Waals surface area contributed by atoms with Gasteiger partial charge < -0.3 is 23.4 Å². The van der Waals surface area contributed by atoms with Crippen LogP contribution in [0.5, 0.6) is 0 Å². The molecule has 1 aromatic carbocycles. The number of aliphatic hydroxyl groups is 1. The van der Waals surface area contributed by atoms with Crippen molar-refractivity contribution in [3.05, 3.63) is 65.6 Å². The fraction of sp³-hybridized carbons (Fsp3) is 0.240. The Bertz CT molecular complexity index is 1590. The summed E-state index contributed by atoms with van der Waals surface area (Å²) in [6.45, 7) is 5.28. The Morgan fingerprint density at radius 2 is 2.03 bits per heavy atom. The van der Waals surface area contributed by atoms with Gasteiger partial charge in [0.15, 0.2) is 23.7 Å². The van der Waals surface area contributed by atoms with Gasteiger partial charge in [-0.1, -0.05) is 0 Å². The van der Waals surface area contributed by atoms with Crippen molar-refractivity contribution in [2.24, 2.45) is 0 Å². The normalized spacial score (nSPS) is 11.7. The average Bonchev–Trinajstić information content (AvgIpc) is 3.64. The Morgan fingerprint density at radius 3 is 2.70 bits per heavy atom. The summed E-state index contributed by atoms with van der Waals surface area (Å²) < 4.78 is 12.2. The van der Waals surface area contributed by atoms with Crippen LogP contribution in [0.4, 0.5) is 11.6 Å². The summed E-state index contributed by atoms with van der Waals surface area (Å²) in [7, 11) is 1.62. The molecular weight excluding hydrogens is 496 g/mol. The lowest BCUT2D eigenvalue weighted by Gasteiger charge is -2.20. The number of imidazole rings is 1. The van der Waals surface area contributed by atoms with E-state index in [0.717, 1.165) is 4.88 Å². The molecule has 0 fully saturated rings. The molecule has 0 aliphatic rings. The van der Waals surface area contributed by atoms with Gasteiger partial charge in [-0.05, 0) is 44.2 Å². The van der Waals surface area contributed by atoms with Crippen LogP contribution in [0.1, 0.15) is 39.9 Å². The lowest BCUT2D eigenvalue weighted by atomic mass is 10.1. The number of nitrogens with one attached hydrogen (secondary N) is 1. The highest BCUT2D eigenvalue weighted by Gasteiger charge is 2.23. The minimum atomic E-state index is -1.08. The molecule has 2 N–H and O–H groups in total. The van der Waals surface area contributed by atoms with Crippen LogP contribution in [0, 0.1) is 6.92 Å². The number of nitrogens with zero attached hydrogens (tertiary/aromatic N) is 5. The van der Waals surface area contributed by atoms with Crippen LogP contribution in [0.15, 0.2) is 58.0 Å². The molecule has 5 rings (SSSR count). The minimum absolute atomic E-state index is 0.180. The second kappa shape index (κ2) is 9.30. The van der Waals surface area contributed by atoms with Crippen molar-refractivity contribution >= 4 is 45.8 Å². The van der Waals surface area contributed by atoms with E-state index < -0.39 is 5.60 Å². The van der Waals surface area contributed by atoms with Gasteiger partial charge in [-0.3, -0.25) is 14.9 Å². The van der Waals surface area contributed by atoms with E-state index in [1.54, 1.807) is 68.9 Å². The molecular formula is C25H24N6O5S. The van der Waals surface area contributed by atoms with E-state index in [2.05, 4.69) is 20.3 Å². The second-order valence-electron chi connectivity index (χ2n) is 9.11. The van der Waals surface area contributed by atoms with Crippen molar-refractivity contribution in [3.63, 3.8) is 0 Å². The molecule has 0 unspecified atom stereocenters. The third-order valence-electron chi connectivity index (χ3n) is 5.54. The second-order valence-corrected chi connectivity index (χ2v) is 10.2. The van der Waals surface area contributed by atoms with Crippen molar-refractivity contribution in [1.82, 2.24) is 19.5 Å². The van der Waals surface area contributed by atoms with Gasteiger partial charge >= 0.3 is 0 Å². The molecule has 5 aromatic rings. The smallest absolute Gasteiger partial charge is 0.279 e. The molecule has 4 heterocycles. The zero-order chi connectivity index (χ0) is 26.3. The first kappa shape index (κ1) is 24.4. The quantitative estimate of drug-likeness (QED) is 0.323. The highest BCUT2D eigenvalue weighted by Crippen LogP contribution is 2.31. The number of hydrogen-bond acceptors (Lipinski definition) is 9. The highest BCUT2D eigenvalue weighted by molar-refractivity contribution is 7.17. The standard InChI is InChI=1S/C25H24N6O5S/c1-14-26-10-19(36-14)20-7-8-21(37-20)22(32)29-24-28-16-9-15(30(4)23(33)17-11-35-13-27-17)5-6-18(16)31(24)12-25(2,3)34/h5-11,13,34H,12H2,1-4H3,(H,28,29,32). The largest absolute Gasteiger partial charge is 0.451 e. The number of carbonyl (C=O) groups is 2. The number of rotatable bonds is 7. The first-order valence-electron chi connectivity index (χ1n) is 11.3. The lowest BCUT2D eigenvalue weighted by molar-refractivity contribution is 0.0630. The van der Waals surface area contributed by atoms with Gasteiger partial charge in [-0.15, -0.1) is 11.3 Å². The maximum absolute atomic E-state index is 13.1. The molecule has 11 nitrogen and oxygen atoms in total. The Hall–Kier alpha value is -4.29. The molecule has 37 heavy (non-hydrogen) atoms. The summed E-state index contributed by atoms with van der Waals surface area (Å²) in [5, 5.41) is 13.4. The number of anilines is 2. The van der Waals surface area contributed by atoms with Crippen molar-refractivity contribution in [3.8, 4) is 10.6 Å². The van der Waals surface area contributed by atoms with E-state index >= 15 is 0 Å². The number of amides is 2. The van der Waals surface area contributed by atoms with Gasteiger partial charge in [0.2, 0.25) is 5.95 Å². The van der Waals surface area contributed by atoms with Crippen molar-refractivity contribution in [1.29, 1.82) is 0 Å². The maximum Gasteiger partial charge on any atom is 0.279 e. The van der Waals surface area contributed by atoms with E-state index in [1.807, 2.05) is 0 Å². The number of hydrogen-bond donors (Lipinski definition) is 2. The topological polar surface area (TPSA) is 140 Å². The molecule has 2 amide bonds. The van der Waals surface area contributed by atoms with E-state index in [0.29, 0.717) is 33.2 Å². The maximum atomic E-state index is 13.1. The highest BCUT2D eigenvalue weighted by atomic mass is 32.1. The first-order chi connectivity index (χ1) is 17.6. The number of aryl methyl sites for hydroxylation is 1. The van der Waals surface area contributed by atoms with E-state index in [1.165, 1.54) is 28.9 Å². The Labute approximate surface area is 215 Å². The third kappa shape index (κ3) is 5.01. The Balaban J connectivity index is 1.46. The fourth-order valence-corrected chi connectivity index (χ4v) is 4.65. The fourth-order valence-electron chi connectivity index (χ4n) is 3.81. The molecule has 0 aliphatic carbocycles. The van der Waals surface area contributed by atoms with Crippen LogP contribution in [0.25, 0.3) is 21.7 Å². The average molecular weight is 521 g/mol. The number of carbonyl (C=O) groups excluding carboxylic acids is 2. The van der Waals surface area contributed by atoms with E-state index in [4.69, 9.17) is 8.83 Å². The van der Waals surface area contributed by atoms with Crippen molar-refractivity contribution < 1.29 is 23.5 Å². The molecule has 190 valence electrons. The SMILES string of the molecule is Cc1ncc(-c2ccc(C(=O)Nc3nc4cc(N(C)C(=O)c5cocn5)ccc4n3CC(C)(C)O)s2)o1.